The summed E-state index contributed by atoms with van der Waals surface area (Å²) in [4.78, 5) is 36.6. The molecular weight excluding hydrogens is 378 g/mol. The van der Waals surface area contributed by atoms with Gasteiger partial charge in [0.25, 0.3) is 11.8 Å². The third-order valence-corrected chi connectivity index (χ3v) is 5.53. The highest BCUT2D eigenvalue weighted by Gasteiger charge is 2.39. The van der Waals surface area contributed by atoms with E-state index in [1.54, 1.807) is 10.9 Å². The Labute approximate surface area is 173 Å². The van der Waals surface area contributed by atoms with E-state index in [1.807, 2.05) is 61.7 Å². The number of fused-ring (bicyclic) bond motifs is 2. The fourth-order valence-electron chi connectivity index (χ4n) is 4.07. The van der Waals surface area contributed by atoms with Gasteiger partial charge in [0.15, 0.2) is 0 Å². The van der Waals surface area contributed by atoms with Crippen molar-refractivity contribution < 1.29 is 14.4 Å². The maximum absolute atomic E-state index is 13.2. The van der Waals surface area contributed by atoms with E-state index >= 15 is 0 Å². The molecule has 3 heterocycles. The molecule has 30 heavy (non-hydrogen) atoms. The highest BCUT2D eigenvalue weighted by Crippen LogP contribution is 2.40. The van der Waals surface area contributed by atoms with Crippen molar-refractivity contribution in [1.29, 1.82) is 0 Å². The van der Waals surface area contributed by atoms with Gasteiger partial charge in [-0.25, -0.2) is 0 Å². The van der Waals surface area contributed by atoms with E-state index in [0.29, 0.717) is 23.3 Å². The lowest BCUT2D eigenvalue weighted by Crippen LogP contribution is -2.26. The molecular formula is C24H21N3O3. The van der Waals surface area contributed by atoms with Crippen molar-refractivity contribution in [1.82, 2.24) is 14.6 Å². The third kappa shape index (κ3) is 2.57. The van der Waals surface area contributed by atoms with Gasteiger partial charge >= 0.3 is 0 Å². The first kappa shape index (κ1) is 18.2. The van der Waals surface area contributed by atoms with E-state index in [4.69, 9.17) is 4.84 Å². The van der Waals surface area contributed by atoms with E-state index in [2.05, 4.69) is 4.98 Å². The number of imide groups is 1. The number of H-pyrrole nitrogens is 1. The van der Waals surface area contributed by atoms with Gasteiger partial charge in [-0.05, 0) is 18.6 Å². The first-order valence-corrected chi connectivity index (χ1v) is 9.98. The van der Waals surface area contributed by atoms with Gasteiger partial charge in [-0.1, -0.05) is 43.3 Å². The summed E-state index contributed by atoms with van der Waals surface area (Å²) in [7, 11) is 1.53. The van der Waals surface area contributed by atoms with E-state index in [1.165, 1.54) is 11.9 Å². The minimum Gasteiger partial charge on any atom is -0.414 e. The zero-order valence-electron chi connectivity index (χ0n) is 16.8. The molecule has 0 atom stereocenters. The van der Waals surface area contributed by atoms with Crippen LogP contribution >= 0.6 is 0 Å². The molecule has 0 unspecified atom stereocenters. The fourth-order valence-corrected chi connectivity index (χ4v) is 4.07. The smallest absolute Gasteiger partial charge is 0.261 e. The van der Waals surface area contributed by atoms with Gasteiger partial charge in [-0.2, -0.15) is 4.73 Å². The molecule has 2 amide bonds. The number of aromatic amines is 1. The van der Waals surface area contributed by atoms with Crippen LogP contribution in [0.3, 0.4) is 0 Å². The Morgan fingerprint density at radius 1 is 0.900 bits per heavy atom. The van der Waals surface area contributed by atoms with Crippen molar-refractivity contribution in [3.8, 4) is 0 Å². The SMILES string of the molecule is CCCOn1cc(C2=C(c3c[nH]c4ccccc34)C(=O)N(C)C2=O)c2ccccc21. The highest BCUT2D eigenvalue weighted by molar-refractivity contribution is 6.50. The number of hydrogen-bond acceptors (Lipinski definition) is 3. The zero-order chi connectivity index (χ0) is 20.8. The van der Waals surface area contributed by atoms with Crippen LogP contribution in [0.1, 0.15) is 24.5 Å². The summed E-state index contributed by atoms with van der Waals surface area (Å²) in [6.07, 6.45) is 4.48. The van der Waals surface area contributed by atoms with Gasteiger partial charge in [-0.3, -0.25) is 14.5 Å². The summed E-state index contributed by atoms with van der Waals surface area (Å²) in [5.41, 5.74) is 4.03. The number of hydrogen-bond donors (Lipinski definition) is 1. The predicted molar refractivity (Wildman–Crippen MR) is 117 cm³/mol. The highest BCUT2D eigenvalue weighted by atomic mass is 16.7. The standard InChI is InChI=1S/C24H21N3O3/c1-3-12-30-27-14-18(16-9-5-7-11-20(16)27)22-21(23(28)26(2)24(22)29)17-13-25-19-10-6-4-8-15(17)19/h4-11,13-14,25H,3,12H2,1-2H3. The van der Waals surface area contributed by atoms with Crippen molar-refractivity contribution in [2.45, 2.75) is 13.3 Å². The average molecular weight is 399 g/mol. The summed E-state index contributed by atoms with van der Waals surface area (Å²) in [5, 5.41) is 1.78. The van der Waals surface area contributed by atoms with Crippen LogP contribution in [0, 0.1) is 0 Å². The lowest BCUT2D eigenvalue weighted by atomic mass is 9.95. The van der Waals surface area contributed by atoms with Crippen molar-refractivity contribution in [3.05, 3.63) is 72.1 Å². The third-order valence-electron chi connectivity index (χ3n) is 5.53. The molecule has 1 aliphatic rings. The lowest BCUT2D eigenvalue weighted by Gasteiger charge is -2.06. The number of likely N-dealkylation sites (N-methyl/N-ethyl adjacent to an activating group) is 1. The first-order chi connectivity index (χ1) is 14.6. The van der Waals surface area contributed by atoms with Gasteiger partial charge < -0.3 is 9.82 Å². The van der Waals surface area contributed by atoms with Crippen LogP contribution in [0.15, 0.2) is 60.9 Å². The maximum atomic E-state index is 13.2. The quantitative estimate of drug-likeness (QED) is 0.518. The minimum atomic E-state index is -0.307. The largest absolute Gasteiger partial charge is 0.414 e. The van der Waals surface area contributed by atoms with Gasteiger partial charge in [0.05, 0.1) is 22.9 Å². The van der Waals surface area contributed by atoms with Gasteiger partial charge in [0, 0.05) is 40.7 Å². The van der Waals surface area contributed by atoms with Crippen LogP contribution in [0.2, 0.25) is 0 Å². The predicted octanol–water partition coefficient (Wildman–Crippen LogP) is 3.87. The molecule has 0 saturated carbocycles. The molecule has 5 rings (SSSR count). The van der Waals surface area contributed by atoms with Gasteiger partial charge in [-0.15, -0.1) is 0 Å². The van der Waals surface area contributed by atoms with Crippen LogP contribution in [0.4, 0.5) is 0 Å². The maximum Gasteiger partial charge on any atom is 0.261 e. The Kier molecular flexibility index (Phi) is 4.20. The van der Waals surface area contributed by atoms with Crippen molar-refractivity contribution >= 4 is 44.8 Å². The molecule has 6 nitrogen and oxygen atoms in total. The topological polar surface area (TPSA) is 67.3 Å². The lowest BCUT2D eigenvalue weighted by molar-refractivity contribution is -0.134. The van der Waals surface area contributed by atoms with E-state index in [0.717, 1.165) is 33.8 Å². The Bertz CT molecular complexity index is 1340. The zero-order valence-corrected chi connectivity index (χ0v) is 16.8. The van der Waals surface area contributed by atoms with E-state index in [-0.39, 0.29) is 11.8 Å². The average Bonchev–Trinajstić information content (AvgIpc) is 3.41. The van der Waals surface area contributed by atoms with Gasteiger partial charge in [0.2, 0.25) is 0 Å². The molecule has 0 radical (unpaired) electrons. The van der Waals surface area contributed by atoms with Crippen LogP contribution in [0.5, 0.6) is 0 Å². The number of carbonyl (C=O) groups excluding carboxylic acids is 2. The fraction of sp³-hybridized carbons (Fsp3) is 0.167. The summed E-state index contributed by atoms with van der Waals surface area (Å²) < 4.78 is 1.70. The molecule has 0 spiro atoms. The minimum absolute atomic E-state index is 0.300. The van der Waals surface area contributed by atoms with E-state index in [9.17, 15) is 9.59 Å². The number of rotatable bonds is 5. The van der Waals surface area contributed by atoms with E-state index < -0.39 is 0 Å². The second-order valence-corrected chi connectivity index (χ2v) is 7.39. The molecule has 6 heteroatoms. The first-order valence-electron chi connectivity index (χ1n) is 9.98. The van der Waals surface area contributed by atoms with Crippen molar-refractivity contribution in [3.63, 3.8) is 0 Å². The normalized spacial score (nSPS) is 14.5. The number of para-hydroxylation sites is 2. The molecule has 0 saturated heterocycles. The Balaban J connectivity index is 1.81. The summed E-state index contributed by atoms with van der Waals surface area (Å²) in [6, 6.07) is 15.5. The second-order valence-electron chi connectivity index (χ2n) is 7.39. The number of aromatic nitrogens is 2. The van der Waals surface area contributed by atoms with Crippen LogP contribution in [0.25, 0.3) is 33.0 Å². The molecule has 150 valence electrons. The molecule has 4 aromatic rings. The number of carbonyl (C=O) groups is 2. The number of nitrogens with one attached hydrogen (secondary N) is 1. The number of benzene rings is 2. The van der Waals surface area contributed by atoms with Crippen LogP contribution < -0.4 is 4.84 Å². The van der Waals surface area contributed by atoms with Crippen LogP contribution in [-0.2, 0) is 9.59 Å². The molecule has 0 fully saturated rings. The van der Waals surface area contributed by atoms with Crippen molar-refractivity contribution in [2.24, 2.45) is 0 Å². The molecule has 1 aliphatic heterocycles. The molecule has 0 bridgehead atoms. The Morgan fingerprint density at radius 2 is 1.57 bits per heavy atom. The monoisotopic (exact) mass is 399 g/mol. The summed E-state index contributed by atoms with van der Waals surface area (Å²) >= 11 is 0. The van der Waals surface area contributed by atoms with Crippen LogP contribution in [-0.4, -0.2) is 40.1 Å². The molecule has 2 aromatic heterocycles. The number of nitrogens with zero attached hydrogens (tertiary/aromatic N) is 2. The Morgan fingerprint density at radius 3 is 2.33 bits per heavy atom. The molecule has 1 N–H and O–H groups in total. The van der Waals surface area contributed by atoms with Crippen molar-refractivity contribution in [2.75, 3.05) is 13.7 Å². The van der Waals surface area contributed by atoms with Gasteiger partial charge in [0.1, 0.15) is 6.61 Å². The summed E-state index contributed by atoms with van der Waals surface area (Å²) in [5.74, 6) is -0.607. The molecule has 2 aromatic carbocycles. The Hall–Kier alpha value is -3.80. The summed E-state index contributed by atoms with van der Waals surface area (Å²) in [6.45, 7) is 2.59. The molecule has 0 aliphatic carbocycles. The number of amides is 2. The second kappa shape index (κ2) is 6.91.